The molecule has 0 bridgehead atoms. The number of anilines is 1. The van der Waals surface area contributed by atoms with E-state index in [9.17, 15) is 4.79 Å². The second kappa shape index (κ2) is 4.70. The summed E-state index contributed by atoms with van der Waals surface area (Å²) in [5.74, 6) is 1.20. The number of H-pyrrole nitrogens is 1. The molecule has 0 spiro atoms. The molecule has 0 unspecified atom stereocenters. The van der Waals surface area contributed by atoms with Crippen LogP contribution in [0, 0.1) is 0 Å². The van der Waals surface area contributed by atoms with Gasteiger partial charge in [0.2, 0.25) is 0 Å². The lowest BCUT2D eigenvalue weighted by Crippen LogP contribution is -2.24. The first kappa shape index (κ1) is 12.1. The van der Waals surface area contributed by atoms with E-state index in [2.05, 4.69) is 20.3 Å². The molecule has 0 saturated heterocycles. The summed E-state index contributed by atoms with van der Waals surface area (Å²) in [5.41, 5.74) is 2.24. The molecule has 1 aliphatic rings. The Kier molecular flexibility index (Phi) is 2.70. The van der Waals surface area contributed by atoms with Gasteiger partial charge < -0.3 is 10.3 Å². The topological polar surface area (TPSA) is 70.7 Å². The van der Waals surface area contributed by atoms with Crippen molar-refractivity contribution in [2.45, 2.75) is 12.8 Å². The number of nitrogens with one attached hydrogen (secondary N) is 2. The molecule has 1 aliphatic heterocycles. The van der Waals surface area contributed by atoms with Gasteiger partial charge in [0.1, 0.15) is 11.5 Å². The minimum absolute atomic E-state index is 0.0721. The van der Waals surface area contributed by atoms with Gasteiger partial charge in [-0.3, -0.25) is 4.79 Å². The van der Waals surface area contributed by atoms with Gasteiger partial charge in [-0.05, 0) is 25.0 Å². The molecule has 2 aromatic heterocycles. The van der Waals surface area contributed by atoms with Crippen LogP contribution in [0.25, 0.3) is 22.4 Å². The van der Waals surface area contributed by atoms with Gasteiger partial charge >= 0.3 is 0 Å². The molecule has 2 N–H and O–H groups in total. The smallest absolute Gasteiger partial charge is 0.256 e. The molecule has 104 valence electrons. The zero-order chi connectivity index (χ0) is 14.2. The summed E-state index contributed by atoms with van der Waals surface area (Å²) < 4.78 is 0. The molecule has 0 saturated carbocycles. The largest absolute Gasteiger partial charge is 0.370 e. The van der Waals surface area contributed by atoms with Crippen molar-refractivity contribution in [1.29, 1.82) is 0 Å². The normalized spacial score (nSPS) is 13.7. The monoisotopic (exact) mass is 278 g/mol. The van der Waals surface area contributed by atoms with Crippen molar-refractivity contribution in [2.24, 2.45) is 0 Å². The van der Waals surface area contributed by atoms with Crippen molar-refractivity contribution in [1.82, 2.24) is 15.0 Å². The summed E-state index contributed by atoms with van der Waals surface area (Å²) in [6.45, 7) is 0.855. The first-order chi connectivity index (χ1) is 10.3. The molecule has 3 aromatic rings. The molecule has 21 heavy (non-hydrogen) atoms. The number of para-hydroxylation sites is 1. The first-order valence-corrected chi connectivity index (χ1v) is 7.04. The molecule has 3 heterocycles. The highest BCUT2D eigenvalue weighted by molar-refractivity contribution is 5.80. The van der Waals surface area contributed by atoms with Crippen LogP contribution in [0.4, 0.5) is 5.82 Å². The van der Waals surface area contributed by atoms with E-state index in [1.54, 1.807) is 0 Å². The lowest BCUT2D eigenvalue weighted by Gasteiger charge is -2.16. The summed E-state index contributed by atoms with van der Waals surface area (Å²) in [5, 5.41) is 4.26. The molecule has 0 atom stereocenters. The summed E-state index contributed by atoms with van der Waals surface area (Å²) in [4.78, 5) is 24.1. The number of hydrogen-bond donors (Lipinski definition) is 2. The maximum Gasteiger partial charge on any atom is 0.256 e. The molecule has 5 nitrogen and oxygen atoms in total. The average Bonchev–Trinajstić information content (AvgIpc) is 2.54. The molecule has 5 heteroatoms. The van der Waals surface area contributed by atoms with Gasteiger partial charge in [-0.25, -0.2) is 9.97 Å². The summed E-state index contributed by atoms with van der Waals surface area (Å²) in [6.07, 6.45) is 1.74. The average molecular weight is 278 g/mol. The van der Waals surface area contributed by atoms with E-state index in [1.807, 2.05) is 36.4 Å². The van der Waals surface area contributed by atoms with E-state index in [0.29, 0.717) is 17.3 Å². The Morgan fingerprint density at radius 3 is 2.90 bits per heavy atom. The maximum absolute atomic E-state index is 12.2. The van der Waals surface area contributed by atoms with Crippen LogP contribution in [0.1, 0.15) is 12.0 Å². The standard InChI is InChI=1S/C16H14N4O/c21-16-11-5-3-9-17-14(11)19-15(20-16)13-8-7-10-4-1-2-6-12(10)18-13/h1-2,4,6-8H,3,5,9H2,(H2,17,19,20,21). The van der Waals surface area contributed by atoms with Crippen LogP contribution in [0.2, 0.25) is 0 Å². The highest BCUT2D eigenvalue weighted by atomic mass is 16.1. The van der Waals surface area contributed by atoms with Crippen LogP contribution in [0.5, 0.6) is 0 Å². The predicted molar refractivity (Wildman–Crippen MR) is 82.4 cm³/mol. The van der Waals surface area contributed by atoms with Gasteiger partial charge in [-0.1, -0.05) is 24.3 Å². The maximum atomic E-state index is 12.2. The van der Waals surface area contributed by atoms with Crippen molar-refractivity contribution >= 4 is 16.7 Å². The third-order valence-corrected chi connectivity index (χ3v) is 3.75. The third kappa shape index (κ3) is 2.07. The number of aromatic nitrogens is 3. The summed E-state index contributed by atoms with van der Waals surface area (Å²) in [7, 11) is 0. The molecule has 0 fully saturated rings. The number of pyridine rings is 1. The Bertz CT molecular complexity index is 885. The van der Waals surface area contributed by atoms with Gasteiger partial charge in [-0.15, -0.1) is 0 Å². The molecule has 0 radical (unpaired) electrons. The highest BCUT2D eigenvalue weighted by Crippen LogP contribution is 2.21. The third-order valence-electron chi connectivity index (χ3n) is 3.75. The Hall–Kier alpha value is -2.69. The van der Waals surface area contributed by atoms with Gasteiger partial charge in [0.25, 0.3) is 5.56 Å². The predicted octanol–water partition coefficient (Wildman–Crippen LogP) is 2.34. The number of benzene rings is 1. The minimum atomic E-state index is -0.0721. The number of rotatable bonds is 1. The molecule has 0 aliphatic carbocycles. The minimum Gasteiger partial charge on any atom is -0.370 e. The summed E-state index contributed by atoms with van der Waals surface area (Å²) in [6, 6.07) is 11.8. The zero-order valence-corrected chi connectivity index (χ0v) is 11.4. The second-order valence-electron chi connectivity index (χ2n) is 5.16. The van der Waals surface area contributed by atoms with Crippen LogP contribution >= 0.6 is 0 Å². The fourth-order valence-corrected chi connectivity index (χ4v) is 2.67. The molecule has 0 amide bonds. The molecule has 1 aromatic carbocycles. The van der Waals surface area contributed by atoms with E-state index in [0.717, 1.165) is 35.9 Å². The van der Waals surface area contributed by atoms with Crippen molar-refractivity contribution in [3.63, 3.8) is 0 Å². The Labute approximate surface area is 121 Å². The summed E-state index contributed by atoms with van der Waals surface area (Å²) >= 11 is 0. The van der Waals surface area contributed by atoms with Crippen molar-refractivity contribution in [3.05, 3.63) is 52.3 Å². The zero-order valence-electron chi connectivity index (χ0n) is 11.4. The van der Waals surface area contributed by atoms with Crippen LogP contribution in [-0.4, -0.2) is 21.5 Å². The fraction of sp³-hybridized carbons (Fsp3) is 0.188. The van der Waals surface area contributed by atoms with E-state index >= 15 is 0 Å². The second-order valence-corrected chi connectivity index (χ2v) is 5.16. The van der Waals surface area contributed by atoms with Crippen molar-refractivity contribution < 1.29 is 0 Å². The number of aromatic amines is 1. The van der Waals surface area contributed by atoms with Gasteiger partial charge in [0, 0.05) is 11.9 Å². The molecule has 4 rings (SSSR count). The lowest BCUT2D eigenvalue weighted by molar-refractivity contribution is 0.799. The lowest BCUT2D eigenvalue weighted by atomic mass is 10.1. The van der Waals surface area contributed by atoms with E-state index in [4.69, 9.17) is 0 Å². The van der Waals surface area contributed by atoms with E-state index in [1.165, 1.54) is 0 Å². The molecular weight excluding hydrogens is 264 g/mol. The van der Waals surface area contributed by atoms with Crippen LogP contribution in [0.15, 0.2) is 41.2 Å². The number of fused-ring (bicyclic) bond motifs is 2. The van der Waals surface area contributed by atoms with Crippen molar-refractivity contribution in [2.75, 3.05) is 11.9 Å². The van der Waals surface area contributed by atoms with E-state index < -0.39 is 0 Å². The Morgan fingerprint density at radius 1 is 1.05 bits per heavy atom. The van der Waals surface area contributed by atoms with Crippen molar-refractivity contribution in [3.8, 4) is 11.5 Å². The van der Waals surface area contributed by atoms with Gasteiger partial charge in [0.05, 0.1) is 11.1 Å². The van der Waals surface area contributed by atoms with Gasteiger partial charge in [0.15, 0.2) is 5.82 Å². The number of nitrogens with zero attached hydrogens (tertiary/aromatic N) is 2. The van der Waals surface area contributed by atoms with Crippen LogP contribution in [-0.2, 0) is 6.42 Å². The number of hydrogen-bond acceptors (Lipinski definition) is 4. The van der Waals surface area contributed by atoms with E-state index in [-0.39, 0.29) is 5.56 Å². The SMILES string of the molecule is O=c1[nH]c(-c2ccc3ccccc3n2)nc2c1CCCN2. The fourth-order valence-electron chi connectivity index (χ4n) is 2.67. The quantitative estimate of drug-likeness (QED) is 0.716. The highest BCUT2D eigenvalue weighted by Gasteiger charge is 2.16. The van der Waals surface area contributed by atoms with Crippen LogP contribution < -0.4 is 10.9 Å². The van der Waals surface area contributed by atoms with Crippen LogP contribution in [0.3, 0.4) is 0 Å². The molecular formula is C16H14N4O. The first-order valence-electron chi connectivity index (χ1n) is 7.04. The Morgan fingerprint density at radius 2 is 1.95 bits per heavy atom. The Balaban J connectivity index is 1.88. The van der Waals surface area contributed by atoms with Gasteiger partial charge in [-0.2, -0.15) is 0 Å².